The van der Waals surface area contributed by atoms with Crippen molar-refractivity contribution in [3.05, 3.63) is 41.1 Å². The summed E-state index contributed by atoms with van der Waals surface area (Å²) in [7, 11) is -3.28. The fourth-order valence-corrected chi connectivity index (χ4v) is 4.52. The third-order valence-electron chi connectivity index (χ3n) is 2.27. The van der Waals surface area contributed by atoms with Crippen LogP contribution in [-0.2, 0) is 10.0 Å². The Morgan fingerprint density at radius 3 is 2.84 bits per heavy atom. The van der Waals surface area contributed by atoms with Gasteiger partial charge in [-0.15, -0.1) is 11.8 Å². The first kappa shape index (κ1) is 14.2. The van der Waals surface area contributed by atoms with Crippen LogP contribution in [0.4, 0.5) is 11.4 Å². The fraction of sp³-hybridized carbons (Fsp3) is 0.167. The number of rotatable bonds is 6. The number of nitrogen functional groups attached to an aromatic ring is 1. The summed E-state index contributed by atoms with van der Waals surface area (Å²) in [6.45, 7) is 0. The van der Waals surface area contributed by atoms with Crippen molar-refractivity contribution in [3.63, 3.8) is 0 Å². The van der Waals surface area contributed by atoms with Crippen molar-refractivity contribution < 1.29 is 8.42 Å². The van der Waals surface area contributed by atoms with E-state index in [4.69, 9.17) is 5.73 Å². The number of nitrogens with one attached hydrogen (secondary N) is 1. The van der Waals surface area contributed by atoms with Gasteiger partial charge in [0.05, 0.1) is 11.4 Å². The second kappa shape index (κ2) is 6.31. The summed E-state index contributed by atoms with van der Waals surface area (Å²) >= 11 is 2.93. The predicted molar refractivity (Wildman–Crippen MR) is 83.3 cm³/mol. The molecule has 0 aliphatic heterocycles. The van der Waals surface area contributed by atoms with Crippen molar-refractivity contribution in [2.75, 3.05) is 22.0 Å². The van der Waals surface area contributed by atoms with E-state index in [2.05, 4.69) is 4.72 Å². The number of thiophene rings is 1. The lowest BCUT2D eigenvalue weighted by Crippen LogP contribution is -2.17. The summed E-state index contributed by atoms with van der Waals surface area (Å²) in [5, 5.41) is 3.60. The van der Waals surface area contributed by atoms with Crippen LogP contribution in [0, 0.1) is 0 Å². The van der Waals surface area contributed by atoms with Crippen LogP contribution in [0.1, 0.15) is 0 Å². The summed E-state index contributed by atoms with van der Waals surface area (Å²) in [6, 6.07) is 9.16. The summed E-state index contributed by atoms with van der Waals surface area (Å²) in [5.41, 5.74) is 6.97. The lowest BCUT2D eigenvalue weighted by Gasteiger charge is -2.06. The first-order valence-corrected chi connectivity index (χ1v) is 9.14. The van der Waals surface area contributed by atoms with Crippen molar-refractivity contribution in [2.24, 2.45) is 0 Å². The zero-order valence-electron chi connectivity index (χ0n) is 10.1. The number of thioether (sulfide) groups is 1. The monoisotopic (exact) mass is 314 g/mol. The maximum absolute atomic E-state index is 11.8. The minimum absolute atomic E-state index is 0.0717. The maximum atomic E-state index is 11.8. The van der Waals surface area contributed by atoms with Crippen LogP contribution >= 0.6 is 23.1 Å². The fourth-order valence-electron chi connectivity index (χ4n) is 1.43. The van der Waals surface area contributed by atoms with E-state index in [0.29, 0.717) is 17.1 Å². The molecule has 7 heteroatoms. The first-order chi connectivity index (χ1) is 9.05. The highest BCUT2D eigenvalue weighted by atomic mass is 32.2. The van der Waals surface area contributed by atoms with E-state index in [1.807, 2.05) is 23.6 Å². The molecule has 1 heterocycles. The smallest absolute Gasteiger partial charge is 0.233 e. The lowest BCUT2D eigenvalue weighted by atomic mass is 10.3. The van der Waals surface area contributed by atoms with Crippen molar-refractivity contribution in [2.45, 2.75) is 4.90 Å². The highest BCUT2D eigenvalue weighted by molar-refractivity contribution is 8.01. The topological polar surface area (TPSA) is 72.2 Å². The summed E-state index contributed by atoms with van der Waals surface area (Å²) < 4.78 is 26.2. The van der Waals surface area contributed by atoms with Crippen LogP contribution in [0.3, 0.4) is 0 Å². The molecule has 2 rings (SSSR count). The van der Waals surface area contributed by atoms with Gasteiger partial charge in [0, 0.05) is 21.7 Å². The minimum Gasteiger partial charge on any atom is -0.399 e. The molecule has 3 N–H and O–H groups in total. The Morgan fingerprint density at radius 1 is 1.32 bits per heavy atom. The maximum Gasteiger partial charge on any atom is 0.233 e. The van der Waals surface area contributed by atoms with Crippen molar-refractivity contribution in [1.29, 1.82) is 0 Å². The number of hydrogen-bond donors (Lipinski definition) is 2. The SMILES string of the molecule is Nc1cccc(SCCS(=O)(=O)Nc2ccsc2)c1. The normalized spacial score (nSPS) is 11.4. The van der Waals surface area contributed by atoms with E-state index in [-0.39, 0.29) is 5.75 Å². The van der Waals surface area contributed by atoms with Gasteiger partial charge in [0.2, 0.25) is 10.0 Å². The molecule has 19 heavy (non-hydrogen) atoms. The van der Waals surface area contributed by atoms with Gasteiger partial charge in [0.15, 0.2) is 0 Å². The average molecular weight is 314 g/mol. The highest BCUT2D eigenvalue weighted by Gasteiger charge is 2.10. The molecule has 1 aromatic heterocycles. The molecule has 0 amide bonds. The van der Waals surface area contributed by atoms with Gasteiger partial charge in [-0.3, -0.25) is 4.72 Å². The molecule has 4 nitrogen and oxygen atoms in total. The molecule has 2 aromatic rings. The molecule has 0 saturated carbocycles. The summed E-state index contributed by atoms with van der Waals surface area (Å²) in [4.78, 5) is 0.978. The van der Waals surface area contributed by atoms with E-state index in [1.54, 1.807) is 17.5 Å². The molecule has 0 saturated heterocycles. The van der Waals surface area contributed by atoms with Gasteiger partial charge in [0.1, 0.15) is 0 Å². The highest BCUT2D eigenvalue weighted by Crippen LogP contribution is 2.21. The molecule has 0 fully saturated rings. The Kier molecular flexibility index (Phi) is 4.73. The van der Waals surface area contributed by atoms with Crippen molar-refractivity contribution >= 4 is 44.5 Å². The minimum atomic E-state index is -3.28. The van der Waals surface area contributed by atoms with Crippen LogP contribution in [0.2, 0.25) is 0 Å². The second-order valence-electron chi connectivity index (χ2n) is 3.85. The summed E-state index contributed by atoms with van der Waals surface area (Å²) in [5.74, 6) is 0.561. The van der Waals surface area contributed by atoms with Gasteiger partial charge >= 0.3 is 0 Å². The lowest BCUT2D eigenvalue weighted by molar-refractivity contribution is 0.602. The van der Waals surface area contributed by atoms with Gasteiger partial charge in [-0.25, -0.2) is 8.42 Å². The van der Waals surface area contributed by atoms with E-state index in [9.17, 15) is 8.42 Å². The van der Waals surface area contributed by atoms with Crippen LogP contribution in [0.5, 0.6) is 0 Å². The molecule has 0 bridgehead atoms. The number of hydrogen-bond acceptors (Lipinski definition) is 5. The van der Waals surface area contributed by atoms with Gasteiger partial charge in [0.25, 0.3) is 0 Å². The van der Waals surface area contributed by atoms with Gasteiger partial charge in [-0.1, -0.05) is 6.07 Å². The van der Waals surface area contributed by atoms with E-state index >= 15 is 0 Å². The molecule has 0 spiro atoms. The molecule has 0 aliphatic rings. The molecule has 0 unspecified atom stereocenters. The Balaban J connectivity index is 1.85. The van der Waals surface area contributed by atoms with Gasteiger partial charge < -0.3 is 5.73 Å². The standard InChI is InChI=1S/C12H14N2O2S3/c13-10-2-1-3-12(8-10)18-6-7-19(15,16)14-11-4-5-17-9-11/h1-5,8-9,14H,6-7,13H2. The second-order valence-corrected chi connectivity index (χ2v) is 7.64. The molecule has 102 valence electrons. The molecular formula is C12H14N2O2S3. The molecule has 0 aliphatic carbocycles. The number of nitrogens with two attached hydrogens (primary N) is 1. The van der Waals surface area contributed by atoms with Crippen LogP contribution in [-0.4, -0.2) is 19.9 Å². The third kappa shape index (κ3) is 4.77. The van der Waals surface area contributed by atoms with Gasteiger partial charge in [-0.05, 0) is 29.6 Å². The average Bonchev–Trinajstić information content (AvgIpc) is 2.80. The first-order valence-electron chi connectivity index (χ1n) is 5.56. The molecule has 1 aromatic carbocycles. The Morgan fingerprint density at radius 2 is 2.16 bits per heavy atom. The zero-order chi connectivity index (χ0) is 13.7. The van der Waals surface area contributed by atoms with Crippen LogP contribution < -0.4 is 10.5 Å². The Hall–Kier alpha value is -1.18. The zero-order valence-corrected chi connectivity index (χ0v) is 12.5. The number of anilines is 2. The Bertz CT molecular complexity index is 624. The summed E-state index contributed by atoms with van der Waals surface area (Å²) in [6.07, 6.45) is 0. The van der Waals surface area contributed by atoms with Gasteiger partial charge in [-0.2, -0.15) is 11.3 Å². The number of sulfonamides is 1. The van der Waals surface area contributed by atoms with Crippen LogP contribution in [0.15, 0.2) is 46.0 Å². The largest absolute Gasteiger partial charge is 0.399 e. The van der Waals surface area contributed by atoms with E-state index in [1.165, 1.54) is 23.1 Å². The van der Waals surface area contributed by atoms with Crippen molar-refractivity contribution in [1.82, 2.24) is 0 Å². The predicted octanol–water partition coefficient (Wildman–Crippen LogP) is 2.86. The molecule has 0 atom stereocenters. The quantitative estimate of drug-likeness (QED) is 0.635. The number of benzene rings is 1. The van der Waals surface area contributed by atoms with E-state index in [0.717, 1.165) is 4.90 Å². The molecule has 0 radical (unpaired) electrons. The van der Waals surface area contributed by atoms with E-state index < -0.39 is 10.0 Å². The Labute approximate surface area is 121 Å². The van der Waals surface area contributed by atoms with Crippen molar-refractivity contribution in [3.8, 4) is 0 Å². The molecular weight excluding hydrogens is 300 g/mol. The van der Waals surface area contributed by atoms with Crippen LogP contribution in [0.25, 0.3) is 0 Å². The third-order valence-corrected chi connectivity index (χ3v) is 5.50.